The normalized spacial score (nSPS) is 19.4. The lowest BCUT2D eigenvalue weighted by Gasteiger charge is -2.37. The van der Waals surface area contributed by atoms with Crippen molar-refractivity contribution in [2.24, 2.45) is 4.99 Å². The molecule has 6 nitrogen and oxygen atoms in total. The molecule has 2 aliphatic rings. The molecule has 8 heteroatoms. The Bertz CT molecular complexity index is 650. The number of hydrogen-bond acceptors (Lipinski definition) is 4. The Kier molecular flexibility index (Phi) is 11.6. The van der Waals surface area contributed by atoms with Crippen molar-refractivity contribution in [1.82, 2.24) is 20.0 Å². The summed E-state index contributed by atoms with van der Waals surface area (Å²) in [5, 5.41) is 4.29. The van der Waals surface area contributed by atoms with Gasteiger partial charge in [0.15, 0.2) is 5.96 Å². The average Bonchev–Trinajstić information content (AvgIpc) is 2.94. The molecule has 0 spiro atoms. The zero-order chi connectivity index (χ0) is 20.5. The SMILES string of the molecule is CCNC(=NCCCN1CCCN(C)CC1)N1CCN(c2cccc(Cl)c2)CC1.I. The van der Waals surface area contributed by atoms with Crippen molar-refractivity contribution in [2.45, 2.75) is 19.8 Å². The highest BCUT2D eigenvalue weighted by molar-refractivity contribution is 14.0. The molecule has 0 amide bonds. The molecule has 3 rings (SSSR count). The van der Waals surface area contributed by atoms with Crippen LogP contribution in [0.25, 0.3) is 0 Å². The summed E-state index contributed by atoms with van der Waals surface area (Å²) >= 11 is 6.16. The Hall–Kier alpha value is -0.770. The summed E-state index contributed by atoms with van der Waals surface area (Å²) < 4.78 is 0. The number of aliphatic imine (C=N–C) groups is 1. The Balaban J connectivity index is 0.00000320. The highest BCUT2D eigenvalue weighted by atomic mass is 127. The van der Waals surface area contributed by atoms with Crippen LogP contribution in [0.1, 0.15) is 19.8 Å². The number of benzene rings is 1. The lowest BCUT2D eigenvalue weighted by atomic mass is 10.2. The molecule has 0 aromatic heterocycles. The minimum absolute atomic E-state index is 0. The van der Waals surface area contributed by atoms with Crippen LogP contribution in [-0.2, 0) is 0 Å². The second-order valence-electron chi connectivity index (χ2n) is 8.04. The molecule has 1 aromatic rings. The fraction of sp³-hybridized carbons (Fsp3) is 0.682. The van der Waals surface area contributed by atoms with E-state index in [2.05, 4.69) is 51.0 Å². The number of likely N-dealkylation sites (N-methyl/N-ethyl adjacent to an activating group) is 1. The van der Waals surface area contributed by atoms with E-state index in [1.54, 1.807) is 0 Å². The molecule has 1 aromatic carbocycles. The molecule has 2 fully saturated rings. The molecule has 30 heavy (non-hydrogen) atoms. The number of nitrogens with one attached hydrogen (secondary N) is 1. The number of hydrogen-bond donors (Lipinski definition) is 1. The van der Waals surface area contributed by atoms with Crippen molar-refractivity contribution in [1.29, 1.82) is 0 Å². The molecule has 0 radical (unpaired) electrons. The van der Waals surface area contributed by atoms with E-state index < -0.39 is 0 Å². The van der Waals surface area contributed by atoms with Gasteiger partial charge in [-0.1, -0.05) is 17.7 Å². The van der Waals surface area contributed by atoms with Crippen LogP contribution in [0.15, 0.2) is 29.3 Å². The van der Waals surface area contributed by atoms with Crippen molar-refractivity contribution in [3.63, 3.8) is 0 Å². The largest absolute Gasteiger partial charge is 0.368 e. The summed E-state index contributed by atoms with van der Waals surface area (Å²) in [7, 11) is 2.22. The van der Waals surface area contributed by atoms with Gasteiger partial charge in [0, 0.05) is 63.1 Å². The van der Waals surface area contributed by atoms with Crippen LogP contribution in [0, 0.1) is 0 Å². The minimum atomic E-state index is 0. The minimum Gasteiger partial charge on any atom is -0.368 e. The highest BCUT2D eigenvalue weighted by Crippen LogP contribution is 2.20. The Morgan fingerprint density at radius 2 is 1.87 bits per heavy atom. The standard InChI is InChI=1S/C22H37ClN6.HI/c1-3-24-22(25-9-5-11-27-12-6-10-26(2)13-14-27)29-17-15-28(16-18-29)21-8-4-7-20(23)19-21;/h4,7-8,19H,3,5-6,9-18H2,1-2H3,(H,24,25);1H. The van der Waals surface area contributed by atoms with Gasteiger partial charge in [-0.05, 0) is 64.6 Å². The lowest BCUT2D eigenvalue weighted by molar-refractivity contribution is 0.274. The van der Waals surface area contributed by atoms with Gasteiger partial charge in [-0.25, -0.2) is 0 Å². The van der Waals surface area contributed by atoms with E-state index in [4.69, 9.17) is 16.6 Å². The average molecular weight is 549 g/mol. The van der Waals surface area contributed by atoms with E-state index in [1.807, 2.05) is 12.1 Å². The first-order chi connectivity index (χ1) is 14.2. The Morgan fingerprint density at radius 1 is 1.07 bits per heavy atom. The monoisotopic (exact) mass is 548 g/mol. The molecule has 0 saturated carbocycles. The number of nitrogens with zero attached hydrogens (tertiary/aromatic N) is 5. The zero-order valence-electron chi connectivity index (χ0n) is 18.5. The van der Waals surface area contributed by atoms with Crippen molar-refractivity contribution in [3.8, 4) is 0 Å². The topological polar surface area (TPSA) is 37.4 Å². The fourth-order valence-corrected chi connectivity index (χ4v) is 4.26. The van der Waals surface area contributed by atoms with E-state index in [1.165, 1.54) is 38.3 Å². The number of rotatable bonds is 6. The predicted molar refractivity (Wildman–Crippen MR) is 140 cm³/mol. The van der Waals surface area contributed by atoms with Crippen molar-refractivity contribution in [2.75, 3.05) is 83.9 Å². The summed E-state index contributed by atoms with van der Waals surface area (Å²) in [6.07, 6.45) is 2.40. The quantitative estimate of drug-likeness (QED) is 0.256. The van der Waals surface area contributed by atoms with Crippen molar-refractivity contribution >= 4 is 47.2 Å². The second kappa shape index (κ2) is 13.6. The summed E-state index contributed by atoms with van der Waals surface area (Å²) in [4.78, 5) is 14.8. The molecule has 2 saturated heterocycles. The van der Waals surface area contributed by atoms with Gasteiger partial charge in [-0.15, -0.1) is 24.0 Å². The van der Waals surface area contributed by atoms with Crippen LogP contribution in [0.3, 0.4) is 0 Å². The molecule has 0 bridgehead atoms. The fourth-order valence-electron chi connectivity index (χ4n) is 4.08. The first-order valence-electron chi connectivity index (χ1n) is 11.1. The molecular formula is C22H38ClIN6. The van der Waals surface area contributed by atoms with Gasteiger partial charge in [0.05, 0.1) is 0 Å². The third kappa shape index (κ3) is 8.05. The van der Waals surface area contributed by atoms with Crippen LogP contribution >= 0.6 is 35.6 Å². The van der Waals surface area contributed by atoms with Gasteiger partial charge in [-0.3, -0.25) is 4.99 Å². The smallest absolute Gasteiger partial charge is 0.194 e. The van der Waals surface area contributed by atoms with Gasteiger partial charge in [0.25, 0.3) is 0 Å². The molecule has 0 unspecified atom stereocenters. The van der Waals surface area contributed by atoms with E-state index in [0.717, 1.165) is 63.2 Å². The van der Waals surface area contributed by atoms with E-state index >= 15 is 0 Å². The number of piperazine rings is 1. The first-order valence-corrected chi connectivity index (χ1v) is 11.5. The summed E-state index contributed by atoms with van der Waals surface area (Å²) in [5.41, 5.74) is 1.21. The number of anilines is 1. The highest BCUT2D eigenvalue weighted by Gasteiger charge is 2.20. The molecule has 170 valence electrons. The van der Waals surface area contributed by atoms with Gasteiger partial charge in [0.1, 0.15) is 0 Å². The Labute approximate surface area is 204 Å². The molecular weight excluding hydrogens is 511 g/mol. The molecule has 0 aliphatic carbocycles. The van der Waals surface area contributed by atoms with E-state index in [0.29, 0.717) is 0 Å². The summed E-state index contributed by atoms with van der Waals surface area (Å²) in [6.45, 7) is 13.9. The third-order valence-electron chi connectivity index (χ3n) is 5.79. The van der Waals surface area contributed by atoms with Crippen molar-refractivity contribution in [3.05, 3.63) is 29.3 Å². The maximum atomic E-state index is 6.16. The summed E-state index contributed by atoms with van der Waals surface area (Å²) in [5.74, 6) is 1.06. The van der Waals surface area contributed by atoms with E-state index in [-0.39, 0.29) is 24.0 Å². The molecule has 1 N–H and O–H groups in total. The van der Waals surface area contributed by atoms with Crippen LogP contribution in [-0.4, -0.2) is 99.7 Å². The number of halogens is 2. The van der Waals surface area contributed by atoms with Gasteiger partial charge < -0.3 is 24.9 Å². The second-order valence-corrected chi connectivity index (χ2v) is 8.48. The van der Waals surface area contributed by atoms with E-state index in [9.17, 15) is 0 Å². The lowest BCUT2D eigenvalue weighted by Crippen LogP contribution is -2.52. The third-order valence-corrected chi connectivity index (χ3v) is 6.03. The zero-order valence-corrected chi connectivity index (χ0v) is 21.6. The van der Waals surface area contributed by atoms with Gasteiger partial charge in [-0.2, -0.15) is 0 Å². The van der Waals surface area contributed by atoms with Crippen molar-refractivity contribution < 1.29 is 0 Å². The first kappa shape index (κ1) is 25.5. The van der Waals surface area contributed by atoms with Gasteiger partial charge >= 0.3 is 0 Å². The van der Waals surface area contributed by atoms with Crippen LogP contribution in [0.2, 0.25) is 5.02 Å². The maximum absolute atomic E-state index is 6.16. The van der Waals surface area contributed by atoms with Crippen LogP contribution in [0.4, 0.5) is 5.69 Å². The predicted octanol–water partition coefficient (Wildman–Crippen LogP) is 3.07. The van der Waals surface area contributed by atoms with Crippen LogP contribution in [0.5, 0.6) is 0 Å². The molecule has 0 atom stereocenters. The summed E-state index contributed by atoms with van der Waals surface area (Å²) in [6, 6.07) is 8.15. The van der Waals surface area contributed by atoms with Gasteiger partial charge in [0.2, 0.25) is 0 Å². The number of guanidine groups is 1. The molecule has 2 heterocycles. The molecule has 2 aliphatic heterocycles. The van der Waals surface area contributed by atoms with Crippen LogP contribution < -0.4 is 10.2 Å². The maximum Gasteiger partial charge on any atom is 0.194 e. The Morgan fingerprint density at radius 3 is 2.60 bits per heavy atom.